The molecule has 1 N–H and O–H groups in total. The number of hydrogen-bond donors (Lipinski definition) is 1. The fourth-order valence-electron chi connectivity index (χ4n) is 1.70. The second-order valence-electron chi connectivity index (χ2n) is 4.41. The van der Waals surface area contributed by atoms with Gasteiger partial charge in [-0.3, -0.25) is 4.79 Å². The normalized spacial score (nSPS) is 13.7. The van der Waals surface area contributed by atoms with Crippen LogP contribution in [0.5, 0.6) is 11.5 Å². The number of carbonyl (C=O) groups excluding carboxylic acids is 2. The minimum atomic E-state index is -0.834. The van der Waals surface area contributed by atoms with Crippen LogP contribution in [-0.2, 0) is 9.53 Å². The maximum absolute atomic E-state index is 11.9. The van der Waals surface area contributed by atoms with Gasteiger partial charge in [0.25, 0.3) is 5.91 Å². The molecule has 1 aliphatic heterocycles. The van der Waals surface area contributed by atoms with Gasteiger partial charge >= 0.3 is 5.97 Å². The van der Waals surface area contributed by atoms with Gasteiger partial charge in [-0.05, 0) is 31.5 Å². The molecule has 1 aromatic carbocycles. The van der Waals surface area contributed by atoms with Gasteiger partial charge in [-0.25, -0.2) is 4.79 Å². The second kappa shape index (κ2) is 6.27. The van der Waals surface area contributed by atoms with E-state index in [4.69, 9.17) is 14.2 Å². The lowest BCUT2D eigenvalue weighted by Crippen LogP contribution is -2.36. The summed E-state index contributed by atoms with van der Waals surface area (Å²) < 4.78 is 15.5. The van der Waals surface area contributed by atoms with E-state index in [1.165, 1.54) is 6.92 Å². The average molecular weight is 279 g/mol. The first-order chi connectivity index (χ1) is 9.61. The minimum Gasteiger partial charge on any atom is -0.454 e. The van der Waals surface area contributed by atoms with Gasteiger partial charge in [-0.2, -0.15) is 0 Å². The molecule has 0 aliphatic carbocycles. The summed E-state index contributed by atoms with van der Waals surface area (Å²) >= 11 is 0. The number of benzene rings is 1. The highest BCUT2D eigenvalue weighted by atomic mass is 16.7. The summed E-state index contributed by atoms with van der Waals surface area (Å²) in [6, 6.07) is 4.76. The van der Waals surface area contributed by atoms with E-state index in [0.717, 1.165) is 6.42 Å². The third-order valence-electron chi connectivity index (χ3n) is 2.81. The number of ether oxygens (including phenoxy) is 3. The van der Waals surface area contributed by atoms with Crippen molar-refractivity contribution < 1.29 is 23.8 Å². The molecule has 0 saturated carbocycles. The van der Waals surface area contributed by atoms with Gasteiger partial charge < -0.3 is 19.5 Å². The first-order valence-corrected chi connectivity index (χ1v) is 6.50. The highest BCUT2D eigenvalue weighted by Crippen LogP contribution is 2.32. The van der Waals surface area contributed by atoms with Crippen LogP contribution in [0.3, 0.4) is 0 Å². The lowest BCUT2D eigenvalue weighted by atomic mass is 10.2. The van der Waals surface area contributed by atoms with Gasteiger partial charge in [0.1, 0.15) is 0 Å². The number of nitrogens with one attached hydrogen (secondary N) is 1. The molecule has 0 aromatic heterocycles. The highest BCUT2D eigenvalue weighted by Gasteiger charge is 2.21. The number of fused-ring (bicyclic) bond motifs is 1. The summed E-state index contributed by atoms with van der Waals surface area (Å²) in [7, 11) is 0. The Labute approximate surface area is 117 Å². The van der Waals surface area contributed by atoms with E-state index in [2.05, 4.69) is 5.32 Å². The molecule has 20 heavy (non-hydrogen) atoms. The van der Waals surface area contributed by atoms with Crippen molar-refractivity contribution in [2.24, 2.45) is 0 Å². The summed E-state index contributed by atoms with van der Waals surface area (Å²) in [5, 5.41) is 2.67. The predicted octanol–water partition coefficient (Wildman–Crippen LogP) is 1.49. The lowest BCUT2D eigenvalue weighted by molar-refractivity contribution is -0.129. The van der Waals surface area contributed by atoms with Crippen LogP contribution < -0.4 is 14.8 Å². The molecule has 6 heteroatoms. The van der Waals surface area contributed by atoms with Crippen molar-refractivity contribution in [2.75, 3.05) is 13.3 Å². The highest BCUT2D eigenvalue weighted by molar-refractivity contribution is 5.92. The van der Waals surface area contributed by atoms with E-state index < -0.39 is 12.1 Å². The van der Waals surface area contributed by atoms with Crippen LogP contribution in [-0.4, -0.2) is 31.3 Å². The molecule has 1 amide bonds. The first-order valence-electron chi connectivity index (χ1n) is 6.50. The van der Waals surface area contributed by atoms with Gasteiger partial charge in [0, 0.05) is 6.54 Å². The predicted molar refractivity (Wildman–Crippen MR) is 70.7 cm³/mol. The van der Waals surface area contributed by atoms with E-state index in [-0.39, 0.29) is 12.7 Å². The van der Waals surface area contributed by atoms with Gasteiger partial charge in [0.15, 0.2) is 17.6 Å². The van der Waals surface area contributed by atoms with Gasteiger partial charge in [-0.1, -0.05) is 6.92 Å². The zero-order chi connectivity index (χ0) is 14.5. The minimum absolute atomic E-state index is 0.143. The van der Waals surface area contributed by atoms with Crippen LogP contribution in [0.15, 0.2) is 18.2 Å². The first kappa shape index (κ1) is 14.2. The summed E-state index contributed by atoms with van der Waals surface area (Å²) in [6.45, 7) is 4.19. The Morgan fingerprint density at radius 3 is 2.85 bits per heavy atom. The van der Waals surface area contributed by atoms with Crippen LogP contribution in [0.25, 0.3) is 0 Å². The van der Waals surface area contributed by atoms with Gasteiger partial charge in [-0.15, -0.1) is 0 Å². The number of amides is 1. The van der Waals surface area contributed by atoms with E-state index in [0.29, 0.717) is 23.6 Å². The van der Waals surface area contributed by atoms with Crippen LogP contribution >= 0.6 is 0 Å². The third kappa shape index (κ3) is 3.20. The molecule has 1 aromatic rings. The average Bonchev–Trinajstić information content (AvgIpc) is 2.91. The van der Waals surface area contributed by atoms with Crippen LogP contribution in [0.2, 0.25) is 0 Å². The van der Waals surface area contributed by atoms with Crippen molar-refractivity contribution in [3.8, 4) is 11.5 Å². The van der Waals surface area contributed by atoms with E-state index in [1.807, 2.05) is 6.92 Å². The quantitative estimate of drug-likeness (QED) is 0.826. The lowest BCUT2D eigenvalue weighted by Gasteiger charge is -2.13. The molecular weight excluding hydrogens is 262 g/mol. The van der Waals surface area contributed by atoms with Crippen LogP contribution in [0, 0.1) is 0 Å². The van der Waals surface area contributed by atoms with Crippen molar-refractivity contribution >= 4 is 11.9 Å². The third-order valence-corrected chi connectivity index (χ3v) is 2.81. The molecule has 0 radical (unpaired) electrons. The number of hydrogen-bond acceptors (Lipinski definition) is 5. The van der Waals surface area contributed by atoms with Gasteiger partial charge in [0.2, 0.25) is 6.79 Å². The Morgan fingerprint density at radius 1 is 1.35 bits per heavy atom. The molecule has 1 aliphatic rings. The van der Waals surface area contributed by atoms with Crippen LogP contribution in [0.4, 0.5) is 0 Å². The molecule has 1 unspecified atom stereocenters. The van der Waals surface area contributed by atoms with E-state index >= 15 is 0 Å². The standard InChI is InChI=1S/C14H17NO5/c1-3-6-15-13(16)9(2)20-14(17)10-4-5-11-12(7-10)19-8-18-11/h4-5,7,9H,3,6,8H2,1-2H3,(H,15,16). The fraction of sp³-hybridized carbons (Fsp3) is 0.429. The fourth-order valence-corrected chi connectivity index (χ4v) is 1.70. The van der Waals surface area contributed by atoms with Crippen molar-refractivity contribution in [3.63, 3.8) is 0 Å². The van der Waals surface area contributed by atoms with Crippen LogP contribution in [0.1, 0.15) is 30.6 Å². The SMILES string of the molecule is CCCNC(=O)C(C)OC(=O)c1ccc2c(c1)OCO2. The zero-order valence-corrected chi connectivity index (χ0v) is 11.5. The molecule has 108 valence electrons. The summed E-state index contributed by atoms with van der Waals surface area (Å²) in [6.07, 6.45) is -0.00588. The number of carbonyl (C=O) groups is 2. The Balaban J connectivity index is 1.96. The molecule has 1 atom stereocenters. The molecule has 0 bridgehead atoms. The molecule has 0 fully saturated rings. The topological polar surface area (TPSA) is 73.9 Å². The zero-order valence-electron chi connectivity index (χ0n) is 11.5. The summed E-state index contributed by atoms with van der Waals surface area (Å²) in [5.74, 6) is 0.223. The summed E-state index contributed by atoms with van der Waals surface area (Å²) in [5.41, 5.74) is 0.324. The maximum Gasteiger partial charge on any atom is 0.339 e. The number of rotatable bonds is 5. The Kier molecular flexibility index (Phi) is 4.45. The van der Waals surface area contributed by atoms with Crippen molar-refractivity contribution in [2.45, 2.75) is 26.4 Å². The van der Waals surface area contributed by atoms with Gasteiger partial charge in [0.05, 0.1) is 5.56 Å². The monoisotopic (exact) mass is 279 g/mol. The Morgan fingerprint density at radius 2 is 2.10 bits per heavy atom. The molecule has 1 heterocycles. The smallest absolute Gasteiger partial charge is 0.339 e. The Bertz CT molecular complexity index is 514. The number of esters is 1. The second-order valence-corrected chi connectivity index (χ2v) is 4.41. The maximum atomic E-state index is 11.9. The molecule has 0 saturated heterocycles. The molecule has 2 rings (SSSR count). The molecule has 6 nitrogen and oxygen atoms in total. The molecule has 0 spiro atoms. The Hall–Kier alpha value is -2.24. The summed E-state index contributed by atoms with van der Waals surface area (Å²) in [4.78, 5) is 23.6. The van der Waals surface area contributed by atoms with E-state index in [9.17, 15) is 9.59 Å². The largest absolute Gasteiger partial charge is 0.454 e. The molecular formula is C14H17NO5. The van der Waals surface area contributed by atoms with Crippen molar-refractivity contribution in [1.82, 2.24) is 5.32 Å². The van der Waals surface area contributed by atoms with Crippen molar-refractivity contribution in [1.29, 1.82) is 0 Å². The van der Waals surface area contributed by atoms with Crippen molar-refractivity contribution in [3.05, 3.63) is 23.8 Å². The van der Waals surface area contributed by atoms with E-state index in [1.54, 1.807) is 18.2 Å².